The van der Waals surface area contributed by atoms with E-state index in [1.807, 2.05) is 0 Å². The first-order valence-electron chi connectivity index (χ1n) is 9.18. The molecule has 0 bridgehead atoms. The van der Waals surface area contributed by atoms with Crippen LogP contribution in [-0.2, 0) is 22.3 Å². The molecule has 1 fully saturated rings. The van der Waals surface area contributed by atoms with Gasteiger partial charge in [-0.05, 0) is 23.8 Å². The fraction of sp³-hybridized carbons (Fsp3) is 0.350. The highest BCUT2D eigenvalue weighted by molar-refractivity contribution is 5.93. The molecule has 2 atom stereocenters. The van der Waals surface area contributed by atoms with Gasteiger partial charge in [-0.25, -0.2) is 0 Å². The molecule has 10 heteroatoms. The number of amides is 2. The van der Waals surface area contributed by atoms with E-state index in [4.69, 9.17) is 4.74 Å². The second kappa shape index (κ2) is 8.70. The topological polar surface area (TPSA) is 76.5 Å². The Bertz CT molecular complexity index is 924. The third kappa shape index (κ3) is 4.70. The number of carbonyl (C=O) groups excluding carboxylic acids is 2. The van der Waals surface area contributed by atoms with Crippen LogP contribution >= 0.6 is 0 Å². The summed E-state index contributed by atoms with van der Waals surface area (Å²) >= 11 is 0. The molecule has 1 saturated heterocycles. The van der Waals surface area contributed by atoms with Crippen LogP contribution in [0.2, 0.25) is 0 Å². The third-order valence-corrected chi connectivity index (χ3v) is 4.90. The molecule has 0 radical (unpaired) electrons. The largest absolute Gasteiger partial charge is 0.416 e. The van der Waals surface area contributed by atoms with Crippen LogP contribution in [0.3, 0.4) is 0 Å². The molecule has 0 spiro atoms. The number of hydrogen-bond acceptors (Lipinski definition) is 4. The highest BCUT2D eigenvalue weighted by atomic mass is 19.4. The van der Waals surface area contributed by atoms with Crippen molar-refractivity contribution in [2.75, 3.05) is 20.1 Å². The van der Waals surface area contributed by atoms with Gasteiger partial charge >= 0.3 is 6.18 Å². The zero-order valence-electron chi connectivity index (χ0n) is 16.2. The van der Waals surface area contributed by atoms with Gasteiger partial charge in [0.2, 0.25) is 5.91 Å². The Hall–Kier alpha value is -3.14. The lowest BCUT2D eigenvalue weighted by Crippen LogP contribution is -2.28. The quantitative estimate of drug-likeness (QED) is 0.726. The fourth-order valence-electron chi connectivity index (χ4n) is 3.26. The minimum absolute atomic E-state index is 0.0684. The highest BCUT2D eigenvalue weighted by Crippen LogP contribution is 2.30. The van der Waals surface area contributed by atoms with Crippen LogP contribution in [0.5, 0.6) is 0 Å². The van der Waals surface area contributed by atoms with E-state index in [1.165, 1.54) is 31.5 Å². The molecule has 3 rings (SSSR count). The number of ether oxygens (including phenoxy) is 1. The van der Waals surface area contributed by atoms with Gasteiger partial charge in [0.05, 0.1) is 36.1 Å². The second-order valence-electron chi connectivity index (χ2n) is 6.85. The lowest BCUT2D eigenvalue weighted by atomic mass is 10.1. The van der Waals surface area contributed by atoms with Gasteiger partial charge in [-0.3, -0.25) is 14.3 Å². The normalized spacial score (nSPS) is 19.0. The van der Waals surface area contributed by atoms with Crippen LogP contribution in [0.1, 0.15) is 27.5 Å². The molecular weight excluding hydrogens is 401 g/mol. The van der Waals surface area contributed by atoms with Crippen LogP contribution in [-0.4, -0.2) is 52.7 Å². The standard InChI is InChI=1S/C20H21F3N4O3/c1-3-18(28)26-10-16(27-9-14(8-25-27)19(29)24-2)17(11-26)30-12-13-4-6-15(7-5-13)20(21,22)23/h3-9,16-17H,1,10-12H2,2H3,(H,24,29). The van der Waals surface area contributed by atoms with Crippen molar-refractivity contribution in [3.05, 3.63) is 66.0 Å². The summed E-state index contributed by atoms with van der Waals surface area (Å²) in [4.78, 5) is 25.4. The molecule has 160 valence electrons. The number of carbonyl (C=O) groups is 2. The second-order valence-corrected chi connectivity index (χ2v) is 6.85. The van der Waals surface area contributed by atoms with Crippen molar-refractivity contribution in [3.8, 4) is 0 Å². The van der Waals surface area contributed by atoms with E-state index in [2.05, 4.69) is 17.0 Å². The minimum Gasteiger partial charge on any atom is -0.369 e. The summed E-state index contributed by atoms with van der Waals surface area (Å²) in [6, 6.07) is 4.36. The summed E-state index contributed by atoms with van der Waals surface area (Å²) in [7, 11) is 1.51. The molecule has 1 aliphatic rings. The first-order chi connectivity index (χ1) is 14.2. The number of aromatic nitrogens is 2. The molecule has 7 nitrogen and oxygen atoms in total. The maximum atomic E-state index is 12.7. The molecule has 30 heavy (non-hydrogen) atoms. The Labute approximate surface area is 171 Å². The summed E-state index contributed by atoms with van der Waals surface area (Å²) in [6.45, 7) is 4.13. The van der Waals surface area contributed by atoms with E-state index in [-0.39, 0.29) is 31.0 Å². The zero-order chi connectivity index (χ0) is 21.9. The number of nitrogens with one attached hydrogen (secondary N) is 1. The van der Waals surface area contributed by atoms with Gasteiger partial charge in [-0.15, -0.1) is 0 Å². The van der Waals surface area contributed by atoms with Gasteiger partial charge in [0.25, 0.3) is 5.91 Å². The van der Waals surface area contributed by atoms with E-state index < -0.39 is 17.8 Å². The number of likely N-dealkylation sites (tertiary alicyclic amines) is 1. The predicted octanol–water partition coefficient (Wildman–Crippen LogP) is 2.42. The highest BCUT2D eigenvalue weighted by Gasteiger charge is 2.37. The number of alkyl halides is 3. The van der Waals surface area contributed by atoms with Crippen LogP contribution in [0, 0.1) is 0 Å². The summed E-state index contributed by atoms with van der Waals surface area (Å²) in [5.41, 5.74) is 0.209. The molecular formula is C20H21F3N4O3. The molecule has 2 unspecified atom stereocenters. The number of rotatable bonds is 6. The zero-order valence-corrected chi connectivity index (χ0v) is 16.2. The smallest absolute Gasteiger partial charge is 0.369 e. The molecule has 1 aromatic carbocycles. The van der Waals surface area contributed by atoms with Gasteiger partial charge in [0, 0.05) is 26.3 Å². The van der Waals surface area contributed by atoms with Crippen molar-refractivity contribution in [1.29, 1.82) is 0 Å². The van der Waals surface area contributed by atoms with Gasteiger partial charge in [-0.2, -0.15) is 18.3 Å². The van der Waals surface area contributed by atoms with E-state index in [9.17, 15) is 22.8 Å². The third-order valence-electron chi connectivity index (χ3n) is 4.90. The van der Waals surface area contributed by atoms with Gasteiger partial charge in [-0.1, -0.05) is 18.7 Å². The summed E-state index contributed by atoms with van der Waals surface area (Å²) < 4.78 is 45.6. The lowest BCUT2D eigenvalue weighted by molar-refractivity contribution is -0.137. The van der Waals surface area contributed by atoms with Crippen molar-refractivity contribution >= 4 is 11.8 Å². The van der Waals surface area contributed by atoms with Crippen LogP contribution < -0.4 is 5.32 Å². The Kier molecular flexibility index (Phi) is 6.25. The van der Waals surface area contributed by atoms with Crippen molar-refractivity contribution in [2.24, 2.45) is 0 Å². The Morgan fingerprint density at radius 3 is 2.60 bits per heavy atom. The van der Waals surface area contributed by atoms with Crippen LogP contribution in [0.25, 0.3) is 0 Å². The van der Waals surface area contributed by atoms with Crippen molar-refractivity contribution in [3.63, 3.8) is 0 Å². The Balaban J connectivity index is 1.74. The average molecular weight is 422 g/mol. The Morgan fingerprint density at radius 2 is 2.00 bits per heavy atom. The monoisotopic (exact) mass is 422 g/mol. The number of nitrogens with zero attached hydrogens (tertiary/aromatic N) is 3. The number of benzene rings is 1. The van der Waals surface area contributed by atoms with Crippen molar-refractivity contribution in [2.45, 2.75) is 24.9 Å². The van der Waals surface area contributed by atoms with E-state index in [1.54, 1.807) is 15.8 Å². The molecule has 1 N–H and O–H groups in total. The van der Waals surface area contributed by atoms with E-state index in [0.717, 1.165) is 12.1 Å². The maximum absolute atomic E-state index is 12.7. The maximum Gasteiger partial charge on any atom is 0.416 e. The number of halogens is 3. The van der Waals surface area contributed by atoms with E-state index in [0.29, 0.717) is 17.7 Å². The molecule has 0 aliphatic carbocycles. The lowest BCUT2D eigenvalue weighted by Gasteiger charge is -2.19. The van der Waals surface area contributed by atoms with Gasteiger partial charge in [0.15, 0.2) is 0 Å². The van der Waals surface area contributed by atoms with Gasteiger partial charge in [0.1, 0.15) is 0 Å². The Morgan fingerprint density at radius 1 is 1.30 bits per heavy atom. The molecule has 1 aromatic heterocycles. The van der Waals surface area contributed by atoms with Crippen LogP contribution in [0.4, 0.5) is 13.2 Å². The summed E-state index contributed by atoms with van der Waals surface area (Å²) in [5, 5.41) is 6.73. The first-order valence-corrected chi connectivity index (χ1v) is 9.18. The predicted molar refractivity (Wildman–Crippen MR) is 101 cm³/mol. The molecule has 0 saturated carbocycles. The van der Waals surface area contributed by atoms with Gasteiger partial charge < -0.3 is 15.0 Å². The first kappa shape index (κ1) is 21.6. The molecule has 1 aliphatic heterocycles. The molecule has 2 heterocycles. The van der Waals surface area contributed by atoms with Crippen molar-refractivity contribution < 1.29 is 27.5 Å². The SMILES string of the molecule is C=CC(=O)N1CC(OCc2ccc(C(F)(F)F)cc2)C(n2cc(C(=O)NC)cn2)C1. The average Bonchev–Trinajstić information content (AvgIpc) is 3.38. The van der Waals surface area contributed by atoms with E-state index >= 15 is 0 Å². The van der Waals surface area contributed by atoms with Crippen LogP contribution in [0.15, 0.2) is 49.3 Å². The summed E-state index contributed by atoms with van der Waals surface area (Å²) in [6.07, 6.45) is -0.671. The molecule has 2 aromatic rings. The summed E-state index contributed by atoms with van der Waals surface area (Å²) in [5.74, 6) is -0.556. The molecule has 2 amide bonds. The number of hydrogen-bond donors (Lipinski definition) is 1. The van der Waals surface area contributed by atoms with Crippen molar-refractivity contribution in [1.82, 2.24) is 20.0 Å². The minimum atomic E-state index is -4.40. The fourth-order valence-corrected chi connectivity index (χ4v) is 3.26.